The number of aromatic nitrogens is 4. The maximum absolute atomic E-state index is 12.9. The van der Waals surface area contributed by atoms with E-state index in [1.807, 2.05) is 24.3 Å². The van der Waals surface area contributed by atoms with Crippen LogP contribution in [-0.4, -0.2) is 66.6 Å². The van der Waals surface area contributed by atoms with Gasteiger partial charge in [-0.1, -0.05) is 5.16 Å². The predicted molar refractivity (Wildman–Crippen MR) is 118 cm³/mol. The Labute approximate surface area is 198 Å². The number of carbonyl (C=O) groups excluding carboxylic acids is 4. The molecule has 12 nitrogen and oxygen atoms in total. The molecule has 0 bridgehead atoms. The van der Waals surface area contributed by atoms with Crippen molar-refractivity contribution >= 4 is 23.6 Å². The van der Waals surface area contributed by atoms with Crippen LogP contribution < -0.4 is 5.32 Å². The number of nitrogens with one attached hydrogen (secondary N) is 1. The van der Waals surface area contributed by atoms with Crippen LogP contribution in [-0.2, 0) is 25.7 Å². The van der Waals surface area contributed by atoms with E-state index in [2.05, 4.69) is 25.4 Å². The average molecular weight is 473 g/mol. The van der Waals surface area contributed by atoms with Crippen molar-refractivity contribution in [1.82, 2.24) is 35.2 Å². The van der Waals surface area contributed by atoms with E-state index in [1.165, 1.54) is 4.90 Å². The van der Waals surface area contributed by atoms with Crippen molar-refractivity contribution in [1.29, 1.82) is 0 Å². The first kappa shape index (κ1) is 22.1. The van der Waals surface area contributed by atoms with Crippen LogP contribution in [0, 0.1) is 0 Å². The summed E-state index contributed by atoms with van der Waals surface area (Å²) in [6.07, 6.45) is 6.34. The van der Waals surface area contributed by atoms with Crippen LogP contribution in [0.15, 0.2) is 59.2 Å². The number of imide groups is 2. The third-order valence-corrected chi connectivity index (χ3v) is 5.71. The van der Waals surface area contributed by atoms with Crippen LogP contribution in [0.4, 0.5) is 0 Å². The van der Waals surface area contributed by atoms with Gasteiger partial charge in [0.05, 0.1) is 6.54 Å². The molecule has 12 heteroatoms. The molecule has 3 aromatic rings. The Morgan fingerprint density at radius 3 is 2.66 bits per heavy atom. The van der Waals surface area contributed by atoms with Crippen molar-refractivity contribution in [3.63, 3.8) is 0 Å². The molecule has 1 fully saturated rings. The smallest absolute Gasteiger partial charge is 0.277 e. The molecule has 4 amide bonds. The lowest BCUT2D eigenvalue weighted by Crippen LogP contribution is -2.54. The van der Waals surface area contributed by atoms with E-state index >= 15 is 0 Å². The number of amides is 4. The number of piperidine rings is 1. The summed E-state index contributed by atoms with van der Waals surface area (Å²) in [5.74, 6) is -1.85. The SMILES string of the molecule is CN(Cc1nc(-c2cc(-c3ccncc3)ccn2)no1)C1=CC(=O)N(C2CCC(=O)NC2=O)C1=O. The summed E-state index contributed by atoms with van der Waals surface area (Å²) in [6.45, 7) is 0.0467. The Kier molecular flexibility index (Phi) is 5.61. The molecule has 1 N–H and O–H groups in total. The van der Waals surface area contributed by atoms with Gasteiger partial charge >= 0.3 is 0 Å². The molecular formula is C23H19N7O5. The molecule has 2 aliphatic rings. The Hall–Kier alpha value is -4.74. The van der Waals surface area contributed by atoms with E-state index in [9.17, 15) is 19.2 Å². The van der Waals surface area contributed by atoms with Crippen molar-refractivity contribution < 1.29 is 23.7 Å². The fourth-order valence-electron chi connectivity index (χ4n) is 3.96. The van der Waals surface area contributed by atoms with Crippen LogP contribution >= 0.6 is 0 Å². The number of nitrogens with zero attached hydrogens (tertiary/aromatic N) is 6. The molecule has 0 aromatic carbocycles. The van der Waals surface area contributed by atoms with Crippen molar-refractivity contribution in [2.24, 2.45) is 0 Å². The minimum atomic E-state index is -1.02. The molecule has 0 saturated carbocycles. The lowest BCUT2D eigenvalue weighted by atomic mass is 10.0. The van der Waals surface area contributed by atoms with Gasteiger partial charge in [0, 0.05) is 38.1 Å². The van der Waals surface area contributed by atoms with Crippen molar-refractivity contribution in [2.75, 3.05) is 7.05 Å². The first-order chi connectivity index (χ1) is 16.9. The monoisotopic (exact) mass is 473 g/mol. The topological polar surface area (TPSA) is 151 Å². The summed E-state index contributed by atoms with van der Waals surface area (Å²) in [7, 11) is 1.59. The molecule has 176 valence electrons. The van der Waals surface area contributed by atoms with Gasteiger partial charge in [-0.15, -0.1) is 0 Å². The van der Waals surface area contributed by atoms with Crippen LogP contribution in [0.25, 0.3) is 22.6 Å². The maximum Gasteiger partial charge on any atom is 0.277 e. The normalized spacial score (nSPS) is 18.0. The molecule has 1 unspecified atom stereocenters. The average Bonchev–Trinajstić information content (AvgIpc) is 3.44. The molecule has 1 saturated heterocycles. The molecule has 1 atom stereocenters. The zero-order valence-electron chi connectivity index (χ0n) is 18.5. The zero-order chi connectivity index (χ0) is 24.5. The van der Waals surface area contributed by atoms with E-state index in [0.717, 1.165) is 22.1 Å². The molecule has 0 aliphatic carbocycles. The van der Waals surface area contributed by atoms with Gasteiger partial charge in [-0.05, 0) is 41.8 Å². The van der Waals surface area contributed by atoms with Crippen molar-refractivity contribution in [3.8, 4) is 22.6 Å². The molecule has 5 heterocycles. The molecule has 5 rings (SSSR count). The van der Waals surface area contributed by atoms with Gasteiger partial charge in [-0.25, -0.2) is 0 Å². The molecule has 0 radical (unpaired) electrons. The highest BCUT2D eigenvalue weighted by Crippen LogP contribution is 2.25. The highest BCUT2D eigenvalue weighted by atomic mass is 16.5. The van der Waals surface area contributed by atoms with Gasteiger partial charge in [0.15, 0.2) is 0 Å². The molecule has 3 aromatic heterocycles. The Bertz CT molecular complexity index is 1370. The minimum absolute atomic E-state index is 0.0467. The summed E-state index contributed by atoms with van der Waals surface area (Å²) < 4.78 is 5.34. The summed E-state index contributed by atoms with van der Waals surface area (Å²) in [5, 5.41) is 6.15. The fourth-order valence-corrected chi connectivity index (χ4v) is 3.96. The third kappa shape index (κ3) is 4.28. The Balaban J connectivity index is 1.29. The fraction of sp³-hybridized carbons (Fsp3) is 0.217. The molecular weight excluding hydrogens is 454 g/mol. The number of likely N-dealkylation sites (N-methyl/N-ethyl adjacent to an activating group) is 1. The maximum atomic E-state index is 12.9. The highest BCUT2D eigenvalue weighted by molar-refractivity contribution is 6.18. The van der Waals surface area contributed by atoms with Gasteiger partial charge in [-0.3, -0.25) is 39.4 Å². The predicted octanol–water partition coefficient (Wildman–Crippen LogP) is 0.683. The van der Waals surface area contributed by atoms with Crippen LogP contribution in [0.2, 0.25) is 0 Å². The molecule has 0 spiro atoms. The van der Waals surface area contributed by atoms with Gasteiger partial charge in [-0.2, -0.15) is 4.98 Å². The minimum Gasteiger partial charge on any atom is -0.361 e. The van der Waals surface area contributed by atoms with Gasteiger partial charge in [0.2, 0.25) is 23.5 Å². The van der Waals surface area contributed by atoms with Gasteiger partial charge < -0.3 is 9.42 Å². The first-order valence-electron chi connectivity index (χ1n) is 10.7. The lowest BCUT2D eigenvalue weighted by Gasteiger charge is -2.29. The van der Waals surface area contributed by atoms with Crippen LogP contribution in [0.1, 0.15) is 18.7 Å². The highest BCUT2D eigenvalue weighted by Gasteiger charge is 2.43. The number of hydrogen-bond donors (Lipinski definition) is 1. The second kappa shape index (κ2) is 8.89. The number of carbonyl (C=O) groups is 4. The van der Waals surface area contributed by atoms with Gasteiger partial charge in [0.25, 0.3) is 11.8 Å². The van der Waals surface area contributed by atoms with E-state index in [4.69, 9.17) is 4.52 Å². The van der Waals surface area contributed by atoms with E-state index in [-0.39, 0.29) is 36.8 Å². The van der Waals surface area contributed by atoms with Crippen LogP contribution in [0.3, 0.4) is 0 Å². The second-order valence-electron chi connectivity index (χ2n) is 8.04. The largest absolute Gasteiger partial charge is 0.361 e. The summed E-state index contributed by atoms with van der Waals surface area (Å²) in [6, 6.07) is 6.41. The second-order valence-corrected chi connectivity index (χ2v) is 8.04. The lowest BCUT2D eigenvalue weighted by molar-refractivity contribution is -0.150. The van der Waals surface area contributed by atoms with Crippen LogP contribution in [0.5, 0.6) is 0 Å². The number of rotatable bonds is 6. The third-order valence-electron chi connectivity index (χ3n) is 5.71. The molecule has 2 aliphatic heterocycles. The van der Waals surface area contributed by atoms with E-state index in [1.54, 1.807) is 25.6 Å². The Morgan fingerprint density at radius 1 is 1.11 bits per heavy atom. The Morgan fingerprint density at radius 2 is 1.89 bits per heavy atom. The van der Waals surface area contributed by atoms with E-state index < -0.39 is 29.7 Å². The van der Waals surface area contributed by atoms with E-state index in [0.29, 0.717) is 5.69 Å². The number of pyridine rings is 2. The summed E-state index contributed by atoms with van der Waals surface area (Å²) >= 11 is 0. The first-order valence-corrected chi connectivity index (χ1v) is 10.7. The van der Waals surface area contributed by atoms with Crippen molar-refractivity contribution in [2.45, 2.75) is 25.4 Å². The summed E-state index contributed by atoms with van der Waals surface area (Å²) in [4.78, 5) is 64.0. The quantitative estimate of drug-likeness (QED) is 0.506. The molecule has 35 heavy (non-hydrogen) atoms. The van der Waals surface area contributed by atoms with Crippen molar-refractivity contribution in [3.05, 3.63) is 60.5 Å². The van der Waals surface area contributed by atoms with Gasteiger partial charge in [0.1, 0.15) is 17.4 Å². The number of hydrogen-bond acceptors (Lipinski definition) is 10. The standard InChI is InChI=1S/C23H19N7O5/c1-29(17-11-20(32)30(23(17)34)16-2-3-18(31)26-22(16)33)12-19-27-21(28-35-19)15-10-14(6-9-25-15)13-4-7-24-8-5-13/h4-11,16H,2-3,12H2,1H3,(H,26,31,33). The zero-order valence-corrected chi connectivity index (χ0v) is 18.5. The summed E-state index contributed by atoms with van der Waals surface area (Å²) in [5.41, 5.74) is 2.46.